The first-order valence-corrected chi connectivity index (χ1v) is 8.95. The van der Waals surface area contributed by atoms with Gasteiger partial charge in [0.05, 0.1) is 35.5 Å². The number of hydrogen-bond donors (Lipinski definition) is 1. The lowest BCUT2D eigenvalue weighted by Gasteiger charge is -2.33. The normalized spacial score (nSPS) is 17.7. The fourth-order valence-corrected chi connectivity index (χ4v) is 3.63. The number of rotatable bonds is 7. The molecule has 1 atom stereocenters. The first-order chi connectivity index (χ1) is 11.7. The van der Waals surface area contributed by atoms with E-state index in [1.807, 2.05) is 23.9 Å². The Morgan fingerprint density at radius 1 is 1.54 bits per heavy atom. The molecule has 7 nitrogen and oxygen atoms in total. The summed E-state index contributed by atoms with van der Waals surface area (Å²) in [5.74, 6) is 0.0323. The van der Waals surface area contributed by atoms with E-state index >= 15 is 0 Å². The van der Waals surface area contributed by atoms with E-state index in [1.165, 1.54) is 0 Å². The van der Waals surface area contributed by atoms with Gasteiger partial charge < -0.3 is 10.1 Å². The maximum Gasteiger partial charge on any atom is 0.222 e. The van der Waals surface area contributed by atoms with Gasteiger partial charge in [-0.15, -0.1) is 11.3 Å². The van der Waals surface area contributed by atoms with Crippen LogP contribution in [0.3, 0.4) is 0 Å². The minimum Gasteiger partial charge on any atom is -0.383 e. The molecule has 3 heterocycles. The Morgan fingerprint density at radius 2 is 2.42 bits per heavy atom. The van der Waals surface area contributed by atoms with Crippen molar-refractivity contribution >= 4 is 17.2 Å². The molecule has 0 aliphatic carbocycles. The van der Waals surface area contributed by atoms with Gasteiger partial charge in [0.2, 0.25) is 5.91 Å². The lowest BCUT2D eigenvalue weighted by atomic mass is 10.1. The summed E-state index contributed by atoms with van der Waals surface area (Å²) in [6.45, 7) is 5.51. The second kappa shape index (κ2) is 7.87. The number of fused-ring (bicyclic) bond motifs is 1. The van der Waals surface area contributed by atoms with E-state index < -0.39 is 0 Å². The third-order valence-electron chi connectivity index (χ3n) is 4.05. The van der Waals surface area contributed by atoms with E-state index in [0.717, 1.165) is 36.0 Å². The highest BCUT2D eigenvalue weighted by molar-refractivity contribution is 7.09. The van der Waals surface area contributed by atoms with Crippen LogP contribution in [-0.2, 0) is 22.6 Å². The molecule has 2 aromatic rings. The fraction of sp³-hybridized carbons (Fsp3) is 0.562. The number of nitrogens with one attached hydrogen (secondary N) is 1. The number of aryl methyl sites for hydroxylation is 1. The van der Waals surface area contributed by atoms with Crippen molar-refractivity contribution in [2.75, 3.05) is 26.8 Å². The lowest BCUT2D eigenvalue weighted by molar-refractivity contribution is -0.122. The molecule has 130 valence electrons. The molecule has 0 aromatic carbocycles. The Morgan fingerprint density at radius 3 is 3.17 bits per heavy atom. The van der Waals surface area contributed by atoms with Gasteiger partial charge in [-0.25, -0.2) is 4.98 Å². The number of thiazole rings is 1. The minimum atomic E-state index is 0.0323. The van der Waals surface area contributed by atoms with Crippen LogP contribution in [0.4, 0.5) is 0 Å². The summed E-state index contributed by atoms with van der Waals surface area (Å²) in [5.41, 5.74) is 2.23. The average Bonchev–Trinajstić information content (AvgIpc) is 3.16. The molecule has 0 spiro atoms. The highest BCUT2D eigenvalue weighted by Crippen LogP contribution is 2.24. The van der Waals surface area contributed by atoms with Crippen LogP contribution in [0.5, 0.6) is 0 Å². The lowest BCUT2D eigenvalue weighted by Crippen LogP contribution is -2.40. The molecule has 0 saturated heterocycles. The molecule has 0 fully saturated rings. The molecule has 1 unspecified atom stereocenters. The van der Waals surface area contributed by atoms with Crippen molar-refractivity contribution in [2.24, 2.45) is 0 Å². The Labute approximate surface area is 145 Å². The van der Waals surface area contributed by atoms with E-state index in [1.54, 1.807) is 18.4 Å². The van der Waals surface area contributed by atoms with Gasteiger partial charge in [-0.3, -0.25) is 14.4 Å². The maximum absolute atomic E-state index is 12.1. The Bertz CT molecular complexity index is 684. The SMILES string of the molecule is COCCNC(=O)CC1CN(Cc2csc(C)n2)Cc2ccnn21. The standard InChI is InChI=1S/C16H23N5O2S/c1-12-19-13(11-24-12)8-20-9-14-3-4-18-21(14)15(10-20)7-16(22)17-5-6-23-2/h3-4,11,15H,5-10H2,1-2H3,(H,17,22). The number of amides is 1. The van der Waals surface area contributed by atoms with Gasteiger partial charge in [-0.1, -0.05) is 0 Å². The molecule has 24 heavy (non-hydrogen) atoms. The number of methoxy groups -OCH3 is 1. The van der Waals surface area contributed by atoms with Crippen LogP contribution >= 0.6 is 11.3 Å². The van der Waals surface area contributed by atoms with Gasteiger partial charge in [-0.2, -0.15) is 5.10 Å². The van der Waals surface area contributed by atoms with Crippen LogP contribution in [-0.4, -0.2) is 52.4 Å². The fourth-order valence-electron chi connectivity index (χ4n) is 3.02. The van der Waals surface area contributed by atoms with Gasteiger partial charge in [0.25, 0.3) is 0 Å². The van der Waals surface area contributed by atoms with Crippen molar-refractivity contribution in [3.05, 3.63) is 34.0 Å². The summed E-state index contributed by atoms with van der Waals surface area (Å²) in [7, 11) is 1.63. The Hall–Kier alpha value is -1.77. The second-order valence-electron chi connectivity index (χ2n) is 6.00. The smallest absolute Gasteiger partial charge is 0.222 e. The van der Waals surface area contributed by atoms with Gasteiger partial charge >= 0.3 is 0 Å². The van der Waals surface area contributed by atoms with E-state index in [0.29, 0.717) is 19.6 Å². The number of nitrogens with zero attached hydrogens (tertiary/aromatic N) is 4. The minimum absolute atomic E-state index is 0.0323. The van der Waals surface area contributed by atoms with Crippen LogP contribution in [0.25, 0.3) is 0 Å². The third-order valence-corrected chi connectivity index (χ3v) is 4.88. The van der Waals surface area contributed by atoms with E-state index in [-0.39, 0.29) is 11.9 Å². The molecule has 1 amide bonds. The molecule has 1 aliphatic heterocycles. The summed E-state index contributed by atoms with van der Waals surface area (Å²) in [6, 6.07) is 2.07. The zero-order valence-electron chi connectivity index (χ0n) is 14.1. The number of ether oxygens (including phenoxy) is 1. The van der Waals surface area contributed by atoms with E-state index in [4.69, 9.17) is 4.74 Å². The molecule has 8 heteroatoms. The van der Waals surface area contributed by atoms with Crippen molar-refractivity contribution in [3.8, 4) is 0 Å². The highest BCUT2D eigenvalue weighted by atomic mass is 32.1. The molecular formula is C16H23N5O2S. The van der Waals surface area contributed by atoms with Gasteiger partial charge in [-0.05, 0) is 13.0 Å². The van der Waals surface area contributed by atoms with Gasteiger partial charge in [0.1, 0.15) is 0 Å². The Balaban J connectivity index is 1.64. The second-order valence-corrected chi connectivity index (χ2v) is 7.06. The topological polar surface area (TPSA) is 72.3 Å². The molecule has 0 radical (unpaired) electrons. The zero-order valence-corrected chi connectivity index (χ0v) is 14.9. The highest BCUT2D eigenvalue weighted by Gasteiger charge is 2.27. The van der Waals surface area contributed by atoms with Crippen molar-refractivity contribution in [1.82, 2.24) is 25.0 Å². The summed E-state index contributed by atoms with van der Waals surface area (Å²) in [5, 5.41) is 10.5. The van der Waals surface area contributed by atoms with Crippen LogP contribution in [0, 0.1) is 6.92 Å². The average molecular weight is 349 g/mol. The van der Waals surface area contributed by atoms with Crippen LogP contribution < -0.4 is 5.32 Å². The number of carbonyl (C=O) groups is 1. The molecule has 2 aromatic heterocycles. The quantitative estimate of drug-likeness (QED) is 0.764. The van der Waals surface area contributed by atoms with Crippen molar-refractivity contribution in [3.63, 3.8) is 0 Å². The predicted octanol–water partition coefficient (Wildman–Crippen LogP) is 1.36. The van der Waals surface area contributed by atoms with Crippen molar-refractivity contribution in [1.29, 1.82) is 0 Å². The van der Waals surface area contributed by atoms with E-state index in [9.17, 15) is 4.79 Å². The molecule has 3 rings (SSSR count). The first kappa shape index (κ1) is 17.1. The van der Waals surface area contributed by atoms with Gasteiger partial charge in [0.15, 0.2) is 0 Å². The third kappa shape index (κ3) is 4.19. The van der Waals surface area contributed by atoms with E-state index in [2.05, 4.69) is 25.7 Å². The number of aromatic nitrogens is 3. The number of hydrogen-bond acceptors (Lipinski definition) is 6. The van der Waals surface area contributed by atoms with Crippen LogP contribution in [0.1, 0.15) is 28.9 Å². The number of carbonyl (C=O) groups excluding carboxylic acids is 1. The molecule has 0 saturated carbocycles. The summed E-state index contributed by atoms with van der Waals surface area (Å²) < 4.78 is 6.95. The monoisotopic (exact) mass is 349 g/mol. The van der Waals surface area contributed by atoms with Crippen molar-refractivity contribution in [2.45, 2.75) is 32.5 Å². The summed E-state index contributed by atoms with van der Waals surface area (Å²) in [6.07, 6.45) is 2.23. The van der Waals surface area contributed by atoms with Crippen LogP contribution in [0.15, 0.2) is 17.6 Å². The largest absolute Gasteiger partial charge is 0.383 e. The molecule has 1 aliphatic rings. The predicted molar refractivity (Wildman–Crippen MR) is 91.7 cm³/mol. The summed E-state index contributed by atoms with van der Waals surface area (Å²) >= 11 is 1.67. The maximum atomic E-state index is 12.1. The Kier molecular flexibility index (Phi) is 5.60. The van der Waals surface area contributed by atoms with Crippen molar-refractivity contribution < 1.29 is 9.53 Å². The molecule has 1 N–H and O–H groups in total. The molecular weight excluding hydrogens is 326 g/mol. The zero-order chi connectivity index (χ0) is 16.9. The van der Waals surface area contributed by atoms with Gasteiger partial charge in [0, 0.05) is 44.9 Å². The summed E-state index contributed by atoms with van der Waals surface area (Å²) in [4.78, 5) is 19.0. The first-order valence-electron chi connectivity index (χ1n) is 8.07. The van der Waals surface area contributed by atoms with Crippen LogP contribution in [0.2, 0.25) is 0 Å². The molecule has 0 bridgehead atoms.